The van der Waals surface area contributed by atoms with Crippen LogP contribution in [0.25, 0.3) is 0 Å². The molecule has 0 aliphatic rings. The minimum atomic E-state index is 0.249. The van der Waals surface area contributed by atoms with Crippen molar-refractivity contribution in [2.24, 2.45) is 0 Å². The van der Waals surface area contributed by atoms with Crippen LogP contribution in [0.4, 0.5) is 5.69 Å². The van der Waals surface area contributed by atoms with Crippen molar-refractivity contribution in [3.8, 4) is 0 Å². The van der Waals surface area contributed by atoms with Gasteiger partial charge in [0.2, 0.25) is 0 Å². The fourth-order valence-corrected chi connectivity index (χ4v) is 1.17. The molecule has 1 aromatic carbocycles. The highest BCUT2D eigenvalue weighted by molar-refractivity contribution is 5.50. The Morgan fingerprint density at radius 1 is 1.38 bits per heavy atom. The molecule has 0 aliphatic carbocycles. The molecule has 0 aliphatic heterocycles. The van der Waals surface area contributed by atoms with Crippen LogP contribution in [-0.2, 0) is 11.3 Å². The molecule has 0 saturated carbocycles. The Balaban J connectivity index is 2.75. The minimum Gasteiger partial charge on any atom is -0.398 e. The van der Waals surface area contributed by atoms with E-state index in [1.807, 2.05) is 26.0 Å². The van der Waals surface area contributed by atoms with E-state index >= 15 is 0 Å². The molecule has 0 spiro atoms. The number of rotatable bonds is 3. The highest BCUT2D eigenvalue weighted by Crippen LogP contribution is 2.17. The van der Waals surface area contributed by atoms with Crippen LogP contribution in [-0.4, -0.2) is 6.10 Å². The maximum Gasteiger partial charge on any atom is 0.0742 e. The predicted molar refractivity (Wildman–Crippen MR) is 55.5 cm³/mol. The number of hydrogen-bond acceptors (Lipinski definition) is 2. The van der Waals surface area contributed by atoms with E-state index in [0.717, 1.165) is 11.3 Å². The molecular weight excluding hydrogens is 162 g/mol. The molecule has 13 heavy (non-hydrogen) atoms. The standard InChI is InChI=1S/C11H17NO/c1-8(2)13-7-10-9(3)5-4-6-11(10)12/h4-6,8H,7,12H2,1-3H3. The maximum absolute atomic E-state index is 5.83. The van der Waals surface area contributed by atoms with Crippen LogP contribution in [0.15, 0.2) is 18.2 Å². The summed E-state index contributed by atoms with van der Waals surface area (Å²) in [5, 5.41) is 0. The lowest BCUT2D eigenvalue weighted by Crippen LogP contribution is -2.05. The van der Waals surface area contributed by atoms with Crippen molar-refractivity contribution in [1.29, 1.82) is 0 Å². The van der Waals surface area contributed by atoms with Crippen molar-refractivity contribution in [3.05, 3.63) is 29.3 Å². The van der Waals surface area contributed by atoms with Crippen molar-refractivity contribution in [1.82, 2.24) is 0 Å². The molecule has 0 bridgehead atoms. The largest absolute Gasteiger partial charge is 0.398 e. The molecule has 2 N–H and O–H groups in total. The zero-order valence-electron chi connectivity index (χ0n) is 8.50. The lowest BCUT2D eigenvalue weighted by Gasteiger charge is -2.11. The monoisotopic (exact) mass is 179 g/mol. The molecule has 0 fully saturated rings. The van der Waals surface area contributed by atoms with Gasteiger partial charge < -0.3 is 10.5 Å². The summed E-state index contributed by atoms with van der Waals surface area (Å²) in [7, 11) is 0. The number of nitrogens with two attached hydrogens (primary N) is 1. The lowest BCUT2D eigenvalue weighted by atomic mass is 10.1. The molecule has 0 aromatic heterocycles. The lowest BCUT2D eigenvalue weighted by molar-refractivity contribution is 0.0658. The topological polar surface area (TPSA) is 35.2 Å². The van der Waals surface area contributed by atoms with Crippen molar-refractivity contribution in [3.63, 3.8) is 0 Å². The first-order valence-electron chi connectivity index (χ1n) is 4.57. The van der Waals surface area contributed by atoms with Gasteiger partial charge >= 0.3 is 0 Å². The summed E-state index contributed by atoms with van der Waals surface area (Å²) in [6, 6.07) is 5.92. The van der Waals surface area contributed by atoms with Gasteiger partial charge in [-0.1, -0.05) is 12.1 Å². The van der Waals surface area contributed by atoms with Gasteiger partial charge in [0.05, 0.1) is 12.7 Å². The molecule has 1 aromatic rings. The quantitative estimate of drug-likeness (QED) is 0.723. The Morgan fingerprint density at radius 3 is 2.62 bits per heavy atom. The van der Waals surface area contributed by atoms with Gasteiger partial charge in [-0.25, -0.2) is 0 Å². The van der Waals surface area contributed by atoms with E-state index in [2.05, 4.69) is 13.0 Å². The van der Waals surface area contributed by atoms with Gasteiger partial charge in [0.25, 0.3) is 0 Å². The van der Waals surface area contributed by atoms with E-state index in [4.69, 9.17) is 10.5 Å². The molecule has 0 unspecified atom stereocenters. The second-order valence-corrected chi connectivity index (χ2v) is 3.50. The van der Waals surface area contributed by atoms with Gasteiger partial charge in [-0.2, -0.15) is 0 Å². The van der Waals surface area contributed by atoms with Crippen LogP contribution in [0.5, 0.6) is 0 Å². The third-order valence-electron chi connectivity index (χ3n) is 2.01. The third-order valence-corrected chi connectivity index (χ3v) is 2.01. The van der Waals surface area contributed by atoms with Crippen molar-refractivity contribution < 1.29 is 4.74 Å². The van der Waals surface area contributed by atoms with Crippen molar-refractivity contribution in [2.45, 2.75) is 33.5 Å². The average Bonchev–Trinajstić information content (AvgIpc) is 2.03. The maximum atomic E-state index is 5.83. The Morgan fingerprint density at radius 2 is 2.08 bits per heavy atom. The summed E-state index contributed by atoms with van der Waals surface area (Å²) in [5.74, 6) is 0. The van der Waals surface area contributed by atoms with Crippen LogP contribution in [0.3, 0.4) is 0 Å². The molecule has 0 atom stereocenters. The van der Waals surface area contributed by atoms with E-state index in [1.165, 1.54) is 5.56 Å². The highest BCUT2D eigenvalue weighted by Gasteiger charge is 2.03. The smallest absolute Gasteiger partial charge is 0.0742 e. The van der Waals surface area contributed by atoms with Crippen LogP contribution in [0.1, 0.15) is 25.0 Å². The summed E-state index contributed by atoms with van der Waals surface area (Å²) in [4.78, 5) is 0. The first-order chi connectivity index (χ1) is 6.11. The SMILES string of the molecule is Cc1cccc(N)c1COC(C)C. The molecular formula is C11H17NO. The average molecular weight is 179 g/mol. The highest BCUT2D eigenvalue weighted by atomic mass is 16.5. The zero-order chi connectivity index (χ0) is 9.84. The van der Waals surface area contributed by atoms with Gasteiger partial charge in [0.1, 0.15) is 0 Å². The number of benzene rings is 1. The van der Waals surface area contributed by atoms with Crippen LogP contribution >= 0.6 is 0 Å². The van der Waals surface area contributed by atoms with E-state index in [0.29, 0.717) is 6.61 Å². The Bertz CT molecular complexity index is 261. The molecule has 2 heteroatoms. The Kier molecular flexibility index (Phi) is 3.32. The van der Waals surface area contributed by atoms with E-state index in [9.17, 15) is 0 Å². The van der Waals surface area contributed by atoms with E-state index < -0.39 is 0 Å². The van der Waals surface area contributed by atoms with Gasteiger partial charge in [0.15, 0.2) is 0 Å². The molecule has 72 valence electrons. The molecule has 0 amide bonds. The first-order valence-corrected chi connectivity index (χ1v) is 4.57. The summed E-state index contributed by atoms with van der Waals surface area (Å²) in [5.41, 5.74) is 8.95. The second-order valence-electron chi connectivity index (χ2n) is 3.50. The van der Waals surface area contributed by atoms with E-state index in [1.54, 1.807) is 0 Å². The number of nitrogen functional groups attached to an aromatic ring is 1. The van der Waals surface area contributed by atoms with Gasteiger partial charge in [0, 0.05) is 11.3 Å². The molecule has 0 heterocycles. The summed E-state index contributed by atoms with van der Waals surface area (Å²) in [6.45, 7) is 6.70. The molecule has 2 nitrogen and oxygen atoms in total. The second kappa shape index (κ2) is 4.28. The van der Waals surface area contributed by atoms with Gasteiger partial charge in [-0.15, -0.1) is 0 Å². The van der Waals surface area contributed by atoms with Crippen LogP contribution in [0.2, 0.25) is 0 Å². The Hall–Kier alpha value is -1.02. The van der Waals surface area contributed by atoms with Gasteiger partial charge in [-0.05, 0) is 32.4 Å². The summed E-state index contributed by atoms with van der Waals surface area (Å²) < 4.78 is 5.51. The normalized spacial score (nSPS) is 10.8. The third kappa shape index (κ3) is 2.74. The fraction of sp³-hybridized carbons (Fsp3) is 0.455. The minimum absolute atomic E-state index is 0.249. The predicted octanol–water partition coefficient (Wildman–Crippen LogP) is 2.50. The number of hydrogen-bond donors (Lipinski definition) is 1. The fourth-order valence-electron chi connectivity index (χ4n) is 1.17. The number of ether oxygens (including phenoxy) is 1. The zero-order valence-corrected chi connectivity index (χ0v) is 8.50. The molecule has 0 radical (unpaired) electrons. The summed E-state index contributed by atoms with van der Waals surface area (Å²) >= 11 is 0. The van der Waals surface area contributed by atoms with Crippen LogP contribution < -0.4 is 5.73 Å². The Labute approximate surface area is 79.7 Å². The summed E-state index contributed by atoms with van der Waals surface area (Å²) in [6.07, 6.45) is 0.249. The van der Waals surface area contributed by atoms with Crippen molar-refractivity contribution >= 4 is 5.69 Å². The van der Waals surface area contributed by atoms with Gasteiger partial charge in [-0.3, -0.25) is 0 Å². The van der Waals surface area contributed by atoms with E-state index in [-0.39, 0.29) is 6.10 Å². The van der Waals surface area contributed by atoms with Crippen LogP contribution in [0, 0.1) is 6.92 Å². The molecule has 1 rings (SSSR count). The molecule has 0 saturated heterocycles. The number of anilines is 1. The first kappa shape index (κ1) is 10.1. The number of aryl methyl sites for hydroxylation is 1. The van der Waals surface area contributed by atoms with Crippen molar-refractivity contribution in [2.75, 3.05) is 5.73 Å².